The van der Waals surface area contributed by atoms with Gasteiger partial charge in [-0.15, -0.1) is 0 Å². The third-order valence-electron chi connectivity index (χ3n) is 3.47. The van der Waals surface area contributed by atoms with E-state index in [0.717, 1.165) is 10.2 Å². The van der Waals surface area contributed by atoms with Gasteiger partial charge in [0.05, 0.1) is 16.4 Å². The van der Waals surface area contributed by atoms with Crippen LogP contribution in [0.5, 0.6) is 0 Å². The van der Waals surface area contributed by atoms with Crippen LogP contribution in [-0.4, -0.2) is 40.3 Å². The van der Waals surface area contributed by atoms with E-state index < -0.39 is 11.7 Å². The van der Waals surface area contributed by atoms with Gasteiger partial charge in [-0.3, -0.25) is 4.68 Å². The van der Waals surface area contributed by atoms with Crippen molar-refractivity contribution < 1.29 is 14.6 Å². The van der Waals surface area contributed by atoms with E-state index in [9.17, 15) is 5.11 Å². The molecule has 1 aromatic rings. The van der Waals surface area contributed by atoms with E-state index in [2.05, 4.69) is 21.0 Å². The first-order valence-corrected chi connectivity index (χ1v) is 6.97. The Balaban J connectivity index is 2.30. The standard InChI is InChI=1S/C12H19BrN2O3/c1-3-18-12(4-6-17-7-5-12)11(16)10-9(13)8-14-15(10)2/h8,11,16H,3-7H2,1-2H3. The molecule has 1 atom stereocenters. The Kier molecular flexibility index (Phi) is 4.42. The predicted molar refractivity (Wildman–Crippen MR) is 70.3 cm³/mol. The molecule has 2 rings (SSSR count). The first-order chi connectivity index (χ1) is 8.60. The molecule has 1 unspecified atom stereocenters. The number of aliphatic hydroxyl groups excluding tert-OH is 1. The molecule has 0 aromatic carbocycles. The van der Waals surface area contributed by atoms with Gasteiger partial charge in [0.25, 0.3) is 0 Å². The van der Waals surface area contributed by atoms with Crippen molar-refractivity contribution in [3.8, 4) is 0 Å². The van der Waals surface area contributed by atoms with Gasteiger partial charge in [-0.1, -0.05) is 0 Å². The number of aliphatic hydroxyl groups is 1. The Labute approximate surface area is 115 Å². The van der Waals surface area contributed by atoms with E-state index >= 15 is 0 Å². The van der Waals surface area contributed by atoms with E-state index in [0.29, 0.717) is 32.7 Å². The fourth-order valence-corrected chi connectivity index (χ4v) is 3.04. The molecular formula is C12H19BrN2O3. The van der Waals surface area contributed by atoms with Crippen molar-refractivity contribution >= 4 is 15.9 Å². The number of ether oxygens (including phenoxy) is 2. The number of aryl methyl sites for hydroxylation is 1. The lowest BCUT2D eigenvalue weighted by Gasteiger charge is -2.40. The van der Waals surface area contributed by atoms with Crippen LogP contribution >= 0.6 is 15.9 Å². The summed E-state index contributed by atoms with van der Waals surface area (Å²) in [6.45, 7) is 3.76. The minimum Gasteiger partial charge on any atom is -0.384 e. The Bertz CT molecular complexity index is 377. The van der Waals surface area contributed by atoms with Crippen LogP contribution in [-0.2, 0) is 16.5 Å². The van der Waals surface area contributed by atoms with Gasteiger partial charge in [-0.2, -0.15) is 5.10 Å². The number of aromatic nitrogens is 2. The maximum atomic E-state index is 10.7. The normalized spacial score (nSPS) is 20.9. The van der Waals surface area contributed by atoms with Crippen LogP contribution in [0.1, 0.15) is 31.6 Å². The Morgan fingerprint density at radius 3 is 2.78 bits per heavy atom. The zero-order valence-corrected chi connectivity index (χ0v) is 12.3. The lowest BCUT2D eigenvalue weighted by Crippen LogP contribution is -2.45. The van der Waals surface area contributed by atoms with Crippen LogP contribution < -0.4 is 0 Å². The average Bonchev–Trinajstić information content (AvgIpc) is 2.70. The molecule has 5 nitrogen and oxygen atoms in total. The van der Waals surface area contributed by atoms with Crippen molar-refractivity contribution in [2.24, 2.45) is 7.05 Å². The summed E-state index contributed by atoms with van der Waals surface area (Å²) in [5.74, 6) is 0. The van der Waals surface area contributed by atoms with Crippen LogP contribution in [0.3, 0.4) is 0 Å². The van der Waals surface area contributed by atoms with Gasteiger partial charge in [0.15, 0.2) is 0 Å². The first kappa shape index (κ1) is 14.0. The third kappa shape index (κ3) is 2.47. The lowest BCUT2D eigenvalue weighted by atomic mass is 9.86. The van der Waals surface area contributed by atoms with Gasteiger partial charge in [-0.05, 0) is 22.9 Å². The molecule has 0 radical (unpaired) electrons. The van der Waals surface area contributed by atoms with Crippen LogP contribution in [0.2, 0.25) is 0 Å². The summed E-state index contributed by atoms with van der Waals surface area (Å²) >= 11 is 3.43. The highest BCUT2D eigenvalue weighted by Crippen LogP contribution is 2.39. The Morgan fingerprint density at radius 1 is 1.61 bits per heavy atom. The molecule has 1 aromatic heterocycles. The molecule has 2 heterocycles. The van der Waals surface area contributed by atoms with Gasteiger partial charge < -0.3 is 14.6 Å². The van der Waals surface area contributed by atoms with Crippen molar-refractivity contribution in [2.75, 3.05) is 19.8 Å². The fraction of sp³-hybridized carbons (Fsp3) is 0.750. The summed E-state index contributed by atoms with van der Waals surface area (Å²) in [4.78, 5) is 0. The third-order valence-corrected chi connectivity index (χ3v) is 4.08. The molecule has 0 aliphatic carbocycles. The number of hydrogen-bond acceptors (Lipinski definition) is 4. The molecule has 1 aliphatic heterocycles. The van der Waals surface area contributed by atoms with Gasteiger partial charge in [-0.25, -0.2) is 0 Å². The second-order valence-electron chi connectivity index (χ2n) is 4.51. The molecule has 102 valence electrons. The molecule has 1 aliphatic rings. The first-order valence-electron chi connectivity index (χ1n) is 6.18. The number of rotatable bonds is 4. The Morgan fingerprint density at radius 2 is 2.28 bits per heavy atom. The highest BCUT2D eigenvalue weighted by molar-refractivity contribution is 9.10. The van der Waals surface area contributed by atoms with E-state index in [-0.39, 0.29) is 0 Å². The molecule has 6 heteroatoms. The molecular weight excluding hydrogens is 300 g/mol. The second-order valence-corrected chi connectivity index (χ2v) is 5.37. The monoisotopic (exact) mass is 318 g/mol. The quantitative estimate of drug-likeness (QED) is 0.919. The second kappa shape index (κ2) is 5.69. The summed E-state index contributed by atoms with van der Waals surface area (Å²) in [6.07, 6.45) is 2.37. The fourth-order valence-electron chi connectivity index (χ4n) is 2.48. The van der Waals surface area contributed by atoms with Crippen molar-refractivity contribution in [3.05, 3.63) is 16.4 Å². The van der Waals surface area contributed by atoms with Crippen molar-refractivity contribution in [2.45, 2.75) is 31.5 Å². The summed E-state index contributed by atoms with van der Waals surface area (Å²) in [6, 6.07) is 0. The van der Waals surface area contributed by atoms with Gasteiger partial charge >= 0.3 is 0 Å². The highest BCUT2D eigenvalue weighted by Gasteiger charge is 2.43. The largest absolute Gasteiger partial charge is 0.384 e. The smallest absolute Gasteiger partial charge is 0.126 e. The number of halogens is 1. The zero-order valence-electron chi connectivity index (χ0n) is 10.7. The molecule has 0 spiro atoms. The van der Waals surface area contributed by atoms with Crippen molar-refractivity contribution in [1.29, 1.82) is 0 Å². The van der Waals surface area contributed by atoms with Crippen LogP contribution in [0.25, 0.3) is 0 Å². The zero-order chi connectivity index (χ0) is 13.2. The Hall–Kier alpha value is -0.430. The molecule has 0 saturated carbocycles. The van der Waals surface area contributed by atoms with Gasteiger partial charge in [0, 0.05) is 39.7 Å². The van der Waals surface area contributed by atoms with Crippen LogP contribution in [0, 0.1) is 0 Å². The predicted octanol–water partition coefficient (Wildman–Crippen LogP) is 1.80. The van der Waals surface area contributed by atoms with Crippen molar-refractivity contribution in [3.63, 3.8) is 0 Å². The average molecular weight is 319 g/mol. The van der Waals surface area contributed by atoms with E-state index in [1.165, 1.54) is 0 Å². The minimum atomic E-state index is -0.705. The van der Waals surface area contributed by atoms with Gasteiger partial charge in [0.1, 0.15) is 11.7 Å². The van der Waals surface area contributed by atoms with Crippen molar-refractivity contribution in [1.82, 2.24) is 9.78 Å². The van der Waals surface area contributed by atoms with Crippen LogP contribution in [0.15, 0.2) is 10.7 Å². The summed E-state index contributed by atoms with van der Waals surface area (Å²) in [7, 11) is 1.82. The maximum absolute atomic E-state index is 10.7. The molecule has 0 amide bonds. The minimum absolute atomic E-state index is 0.566. The van der Waals surface area contributed by atoms with E-state index in [1.54, 1.807) is 10.9 Å². The molecule has 1 saturated heterocycles. The topological polar surface area (TPSA) is 56.5 Å². The van der Waals surface area contributed by atoms with Gasteiger partial charge in [0.2, 0.25) is 0 Å². The van der Waals surface area contributed by atoms with Crippen LogP contribution in [0.4, 0.5) is 0 Å². The summed E-state index contributed by atoms with van der Waals surface area (Å²) in [5.41, 5.74) is 0.189. The number of nitrogens with zero attached hydrogens (tertiary/aromatic N) is 2. The number of hydrogen-bond donors (Lipinski definition) is 1. The SMILES string of the molecule is CCOC1(C(O)c2c(Br)cnn2C)CCOCC1. The van der Waals surface area contributed by atoms with E-state index in [1.807, 2.05) is 14.0 Å². The molecule has 1 fully saturated rings. The molecule has 18 heavy (non-hydrogen) atoms. The maximum Gasteiger partial charge on any atom is 0.126 e. The highest BCUT2D eigenvalue weighted by atomic mass is 79.9. The molecule has 1 N–H and O–H groups in total. The lowest BCUT2D eigenvalue weighted by molar-refractivity contribution is -0.169. The summed E-state index contributed by atoms with van der Waals surface area (Å²) < 4.78 is 13.7. The summed E-state index contributed by atoms with van der Waals surface area (Å²) in [5, 5.41) is 14.9. The van der Waals surface area contributed by atoms with E-state index in [4.69, 9.17) is 9.47 Å². The molecule has 0 bridgehead atoms.